The highest BCUT2D eigenvalue weighted by atomic mass is 79.9. The van der Waals surface area contributed by atoms with Crippen LogP contribution in [0.1, 0.15) is 32.6 Å². The molecule has 0 aromatic heterocycles. The first kappa shape index (κ1) is 13.0. The molecule has 0 saturated carbocycles. The highest BCUT2D eigenvalue weighted by molar-refractivity contribution is 9.10. The number of benzene rings is 2. The van der Waals surface area contributed by atoms with Crippen LogP contribution >= 0.6 is 15.9 Å². The zero-order chi connectivity index (χ0) is 13.3. The third kappa shape index (κ3) is 2.70. The number of carbonyl (C=O) groups is 1. The molecule has 0 heterocycles. The third-order valence-electron chi connectivity index (χ3n) is 2.92. The molecule has 1 nitrogen and oxygen atoms in total. The number of halogens is 1. The second-order valence-electron chi connectivity index (χ2n) is 4.67. The first-order chi connectivity index (χ1) is 8.47. The van der Waals surface area contributed by atoms with Crippen LogP contribution < -0.4 is 0 Å². The smallest absolute Gasteiger partial charge is 0.193 e. The first-order valence-electron chi connectivity index (χ1n) is 5.86. The molecule has 0 radical (unpaired) electrons. The largest absolute Gasteiger partial charge is 0.289 e. The van der Waals surface area contributed by atoms with Gasteiger partial charge < -0.3 is 0 Å². The minimum Gasteiger partial charge on any atom is -0.289 e. The molecule has 0 aliphatic heterocycles. The summed E-state index contributed by atoms with van der Waals surface area (Å²) in [4.78, 5) is 12.4. The molecular formula is C16H15BrO. The fourth-order valence-electron chi connectivity index (χ4n) is 2.01. The number of hydrogen-bond acceptors (Lipinski definition) is 1. The Bertz CT molecular complexity index is 594. The summed E-state index contributed by atoms with van der Waals surface area (Å²) in [5, 5.41) is 0. The maximum absolute atomic E-state index is 12.4. The second kappa shape index (κ2) is 5.07. The van der Waals surface area contributed by atoms with Gasteiger partial charge in [0.05, 0.1) is 0 Å². The summed E-state index contributed by atoms with van der Waals surface area (Å²) in [5.74, 6) is 0.0718. The molecule has 0 spiro atoms. The highest BCUT2D eigenvalue weighted by Crippen LogP contribution is 2.20. The Balaban J connectivity index is 2.44. The predicted molar refractivity (Wildman–Crippen MR) is 78.2 cm³/mol. The quantitative estimate of drug-likeness (QED) is 0.741. The predicted octanol–water partition coefficient (Wildman–Crippen LogP) is 4.61. The fraction of sp³-hybridized carbons (Fsp3) is 0.188. The van der Waals surface area contributed by atoms with Gasteiger partial charge in [-0.05, 0) is 44.5 Å². The van der Waals surface area contributed by atoms with E-state index in [0.717, 1.165) is 32.3 Å². The average molecular weight is 303 g/mol. The average Bonchev–Trinajstić information content (AvgIpc) is 2.30. The molecule has 92 valence electrons. The van der Waals surface area contributed by atoms with Crippen molar-refractivity contribution in [2.45, 2.75) is 20.8 Å². The van der Waals surface area contributed by atoms with E-state index in [1.165, 1.54) is 0 Å². The van der Waals surface area contributed by atoms with Gasteiger partial charge in [0.2, 0.25) is 0 Å². The van der Waals surface area contributed by atoms with Gasteiger partial charge >= 0.3 is 0 Å². The SMILES string of the molecule is Cc1cc(C)cc(C(=O)c2ccc(C)c(Br)c2)c1. The zero-order valence-electron chi connectivity index (χ0n) is 10.8. The van der Waals surface area contributed by atoms with Gasteiger partial charge in [0.15, 0.2) is 5.78 Å². The Labute approximate surface area is 116 Å². The van der Waals surface area contributed by atoms with Crippen LogP contribution in [0.4, 0.5) is 0 Å². The van der Waals surface area contributed by atoms with Crippen molar-refractivity contribution < 1.29 is 4.79 Å². The van der Waals surface area contributed by atoms with Gasteiger partial charge in [0.1, 0.15) is 0 Å². The summed E-state index contributed by atoms with van der Waals surface area (Å²) in [6.45, 7) is 6.03. The van der Waals surface area contributed by atoms with E-state index >= 15 is 0 Å². The van der Waals surface area contributed by atoms with Crippen LogP contribution in [-0.2, 0) is 0 Å². The first-order valence-corrected chi connectivity index (χ1v) is 6.66. The van der Waals surface area contributed by atoms with Crippen LogP contribution in [-0.4, -0.2) is 5.78 Å². The minimum absolute atomic E-state index is 0.0718. The summed E-state index contributed by atoms with van der Waals surface area (Å²) in [6.07, 6.45) is 0. The van der Waals surface area contributed by atoms with Crippen LogP contribution in [0.3, 0.4) is 0 Å². The van der Waals surface area contributed by atoms with E-state index in [9.17, 15) is 4.79 Å². The standard InChI is InChI=1S/C16H15BrO/c1-10-6-11(2)8-14(7-10)16(18)13-5-4-12(3)15(17)9-13/h4-9H,1-3H3. The van der Waals surface area contributed by atoms with Gasteiger partial charge in [-0.3, -0.25) is 4.79 Å². The molecule has 0 atom stereocenters. The van der Waals surface area contributed by atoms with E-state index in [2.05, 4.69) is 22.0 Å². The lowest BCUT2D eigenvalue weighted by Gasteiger charge is -2.06. The van der Waals surface area contributed by atoms with Crippen molar-refractivity contribution in [2.24, 2.45) is 0 Å². The Morgan fingerprint density at radius 3 is 2.06 bits per heavy atom. The van der Waals surface area contributed by atoms with Crippen LogP contribution in [0.2, 0.25) is 0 Å². The summed E-state index contributed by atoms with van der Waals surface area (Å²) in [6, 6.07) is 11.7. The zero-order valence-corrected chi connectivity index (χ0v) is 12.3. The monoisotopic (exact) mass is 302 g/mol. The Hall–Kier alpha value is -1.41. The number of aryl methyl sites for hydroxylation is 3. The third-order valence-corrected chi connectivity index (χ3v) is 3.77. The summed E-state index contributed by atoms with van der Waals surface area (Å²) in [5.41, 5.74) is 4.83. The lowest BCUT2D eigenvalue weighted by Crippen LogP contribution is -2.02. The van der Waals surface area contributed by atoms with Gasteiger partial charge in [0.25, 0.3) is 0 Å². The van der Waals surface area contributed by atoms with Gasteiger partial charge in [-0.1, -0.05) is 45.3 Å². The van der Waals surface area contributed by atoms with Gasteiger partial charge in [-0.15, -0.1) is 0 Å². The maximum atomic E-state index is 12.4. The molecule has 2 heteroatoms. The minimum atomic E-state index is 0.0718. The molecule has 2 aromatic rings. The number of ketones is 1. The van der Waals surface area contributed by atoms with E-state index in [1.54, 1.807) is 0 Å². The molecule has 0 aliphatic carbocycles. The topological polar surface area (TPSA) is 17.1 Å². The second-order valence-corrected chi connectivity index (χ2v) is 5.52. The molecule has 0 saturated heterocycles. The van der Waals surface area contributed by atoms with Crippen molar-refractivity contribution in [3.8, 4) is 0 Å². The molecule has 2 aromatic carbocycles. The van der Waals surface area contributed by atoms with Crippen LogP contribution in [0.5, 0.6) is 0 Å². The van der Waals surface area contributed by atoms with Crippen LogP contribution in [0, 0.1) is 20.8 Å². The normalized spacial score (nSPS) is 10.4. The van der Waals surface area contributed by atoms with Crippen molar-refractivity contribution in [2.75, 3.05) is 0 Å². The summed E-state index contributed by atoms with van der Waals surface area (Å²) in [7, 11) is 0. The number of rotatable bonds is 2. The summed E-state index contributed by atoms with van der Waals surface area (Å²) < 4.78 is 0.970. The maximum Gasteiger partial charge on any atom is 0.193 e. The van der Waals surface area contributed by atoms with Gasteiger partial charge in [-0.25, -0.2) is 0 Å². The number of carbonyl (C=O) groups excluding carboxylic acids is 1. The lowest BCUT2D eigenvalue weighted by atomic mass is 9.99. The van der Waals surface area contributed by atoms with E-state index in [-0.39, 0.29) is 5.78 Å². The van der Waals surface area contributed by atoms with E-state index in [4.69, 9.17) is 0 Å². The number of hydrogen-bond donors (Lipinski definition) is 0. The van der Waals surface area contributed by atoms with Crippen molar-refractivity contribution >= 4 is 21.7 Å². The molecule has 0 N–H and O–H groups in total. The molecule has 0 unspecified atom stereocenters. The molecule has 0 aliphatic rings. The molecule has 2 rings (SSSR count). The Morgan fingerprint density at radius 1 is 0.889 bits per heavy atom. The van der Waals surface area contributed by atoms with Gasteiger partial charge in [0, 0.05) is 15.6 Å². The fourth-order valence-corrected chi connectivity index (χ4v) is 2.39. The molecule has 18 heavy (non-hydrogen) atoms. The van der Waals surface area contributed by atoms with Crippen LogP contribution in [0.15, 0.2) is 40.9 Å². The highest BCUT2D eigenvalue weighted by Gasteiger charge is 2.10. The van der Waals surface area contributed by atoms with E-state index in [0.29, 0.717) is 0 Å². The van der Waals surface area contributed by atoms with Crippen molar-refractivity contribution in [3.63, 3.8) is 0 Å². The Morgan fingerprint density at radius 2 is 1.50 bits per heavy atom. The molecule has 0 bridgehead atoms. The Kier molecular flexibility index (Phi) is 3.67. The van der Waals surface area contributed by atoms with Crippen molar-refractivity contribution in [3.05, 3.63) is 68.7 Å². The summed E-state index contributed by atoms with van der Waals surface area (Å²) >= 11 is 3.46. The van der Waals surface area contributed by atoms with E-state index < -0.39 is 0 Å². The lowest BCUT2D eigenvalue weighted by molar-refractivity contribution is 0.103. The van der Waals surface area contributed by atoms with Crippen LogP contribution in [0.25, 0.3) is 0 Å². The molecule has 0 amide bonds. The van der Waals surface area contributed by atoms with Crippen molar-refractivity contribution in [1.82, 2.24) is 0 Å². The molecule has 0 fully saturated rings. The molecular weight excluding hydrogens is 288 g/mol. The van der Waals surface area contributed by atoms with Crippen molar-refractivity contribution in [1.29, 1.82) is 0 Å². The van der Waals surface area contributed by atoms with Gasteiger partial charge in [-0.2, -0.15) is 0 Å². The van der Waals surface area contributed by atoms with E-state index in [1.807, 2.05) is 51.1 Å².